The number of hydrogen-bond acceptors (Lipinski definition) is 6. The van der Waals surface area contributed by atoms with Gasteiger partial charge in [-0.25, -0.2) is 18.1 Å². The van der Waals surface area contributed by atoms with Crippen LogP contribution < -0.4 is 10.0 Å². The van der Waals surface area contributed by atoms with Crippen molar-refractivity contribution in [2.75, 3.05) is 52.8 Å². The quantitative estimate of drug-likeness (QED) is 0.667. The Morgan fingerprint density at radius 2 is 2.15 bits per heavy atom. The highest BCUT2D eigenvalue weighted by Crippen LogP contribution is 2.16. The average molecular weight is 302 g/mol. The number of pyridine rings is 1. The summed E-state index contributed by atoms with van der Waals surface area (Å²) in [6, 6.07) is 3.36. The maximum atomic E-state index is 12.2. The second kappa shape index (κ2) is 8.15. The Morgan fingerprint density at radius 3 is 2.80 bits per heavy atom. The normalized spacial score (nSPS) is 11.8. The highest BCUT2D eigenvalue weighted by molar-refractivity contribution is 7.89. The number of likely N-dealkylation sites (N-methyl/N-ethyl adjacent to an activating group) is 1. The first-order chi connectivity index (χ1) is 9.51. The number of nitrogens with zero attached hydrogens (tertiary/aromatic N) is 2. The van der Waals surface area contributed by atoms with E-state index in [1.54, 1.807) is 26.3 Å². The highest BCUT2D eigenvalue weighted by atomic mass is 32.2. The molecule has 0 radical (unpaired) electrons. The molecular weight excluding hydrogens is 280 g/mol. The predicted molar refractivity (Wildman–Crippen MR) is 78.3 cm³/mol. The average Bonchev–Trinajstić information content (AvgIpc) is 2.44. The first-order valence-corrected chi connectivity index (χ1v) is 7.79. The molecule has 0 aromatic carbocycles. The van der Waals surface area contributed by atoms with E-state index in [-0.39, 0.29) is 5.03 Å². The molecule has 1 aromatic rings. The minimum absolute atomic E-state index is 0.0158. The van der Waals surface area contributed by atoms with Crippen LogP contribution in [0.5, 0.6) is 0 Å². The zero-order valence-corrected chi connectivity index (χ0v) is 12.9. The van der Waals surface area contributed by atoms with Gasteiger partial charge in [-0.1, -0.05) is 0 Å². The number of methoxy groups -OCH3 is 1. The Kier molecular flexibility index (Phi) is 6.86. The molecule has 1 rings (SSSR count). The van der Waals surface area contributed by atoms with E-state index in [4.69, 9.17) is 4.74 Å². The Balaban J connectivity index is 2.58. The van der Waals surface area contributed by atoms with E-state index in [0.29, 0.717) is 25.4 Å². The van der Waals surface area contributed by atoms with Gasteiger partial charge in [-0.15, -0.1) is 0 Å². The topological polar surface area (TPSA) is 83.6 Å². The molecule has 114 valence electrons. The van der Waals surface area contributed by atoms with E-state index >= 15 is 0 Å². The van der Waals surface area contributed by atoms with E-state index in [9.17, 15) is 8.42 Å². The molecule has 1 heterocycles. The summed E-state index contributed by atoms with van der Waals surface area (Å²) < 4.78 is 31.8. The Bertz CT molecular complexity index is 507. The van der Waals surface area contributed by atoms with E-state index < -0.39 is 10.0 Å². The number of anilines is 1. The van der Waals surface area contributed by atoms with Crippen LogP contribution in [0, 0.1) is 0 Å². The van der Waals surface area contributed by atoms with Gasteiger partial charge in [0.1, 0.15) is 0 Å². The summed E-state index contributed by atoms with van der Waals surface area (Å²) >= 11 is 0. The maximum absolute atomic E-state index is 12.2. The van der Waals surface area contributed by atoms with Crippen molar-refractivity contribution in [2.24, 2.45) is 0 Å². The lowest BCUT2D eigenvalue weighted by Gasteiger charge is -2.16. The maximum Gasteiger partial charge on any atom is 0.260 e. The summed E-state index contributed by atoms with van der Waals surface area (Å²) in [4.78, 5) is 5.91. The number of sulfonamides is 1. The van der Waals surface area contributed by atoms with Crippen LogP contribution in [0.2, 0.25) is 0 Å². The zero-order chi connectivity index (χ0) is 15.0. The fourth-order valence-corrected chi connectivity index (χ4v) is 2.75. The van der Waals surface area contributed by atoms with Crippen molar-refractivity contribution >= 4 is 15.7 Å². The summed E-state index contributed by atoms with van der Waals surface area (Å²) in [5.74, 6) is 0. The second-order valence-electron chi connectivity index (χ2n) is 4.30. The number of nitrogens with one attached hydrogen (secondary N) is 2. The molecule has 0 aliphatic carbocycles. The van der Waals surface area contributed by atoms with Crippen LogP contribution in [0.3, 0.4) is 0 Å². The molecule has 8 heteroatoms. The minimum atomic E-state index is -3.60. The summed E-state index contributed by atoms with van der Waals surface area (Å²) in [6.07, 6.45) is 1.46. The van der Waals surface area contributed by atoms with Crippen molar-refractivity contribution in [3.8, 4) is 0 Å². The zero-order valence-electron chi connectivity index (χ0n) is 12.1. The highest BCUT2D eigenvalue weighted by Gasteiger charge is 2.19. The second-order valence-corrected chi connectivity index (χ2v) is 5.98. The lowest BCUT2D eigenvalue weighted by molar-refractivity contribution is 0.162. The van der Waals surface area contributed by atoms with Gasteiger partial charge >= 0.3 is 0 Å². The predicted octanol–water partition coefficient (Wildman–Crippen LogP) is -0.0202. The van der Waals surface area contributed by atoms with Gasteiger partial charge in [0.25, 0.3) is 10.0 Å². The van der Waals surface area contributed by atoms with Crippen LogP contribution in [0.15, 0.2) is 23.4 Å². The van der Waals surface area contributed by atoms with E-state index in [1.165, 1.54) is 6.20 Å². The summed E-state index contributed by atoms with van der Waals surface area (Å²) in [7, 11) is 1.61. The van der Waals surface area contributed by atoms with Gasteiger partial charge < -0.3 is 15.0 Å². The fraction of sp³-hybridized carbons (Fsp3) is 0.583. The summed E-state index contributed by atoms with van der Waals surface area (Å²) in [5.41, 5.74) is 0.479. The number of hydrogen-bond donors (Lipinski definition) is 2. The standard InChI is InChI=1S/C12H22N4O3S/c1-13-11-5-4-6-14-12(11)20(17,18)15-7-8-16(2)9-10-19-3/h4-6,13,15H,7-10H2,1-3H3. The lowest BCUT2D eigenvalue weighted by atomic mass is 10.4. The monoisotopic (exact) mass is 302 g/mol. The van der Waals surface area contributed by atoms with Gasteiger partial charge in [0.2, 0.25) is 0 Å². The van der Waals surface area contributed by atoms with Crippen LogP contribution in [0.4, 0.5) is 5.69 Å². The van der Waals surface area contributed by atoms with E-state index in [2.05, 4.69) is 15.0 Å². The lowest BCUT2D eigenvalue weighted by Crippen LogP contribution is -2.34. The van der Waals surface area contributed by atoms with Gasteiger partial charge in [-0.3, -0.25) is 0 Å². The fourth-order valence-electron chi connectivity index (χ4n) is 1.59. The molecule has 0 amide bonds. The minimum Gasteiger partial charge on any atom is -0.386 e. The van der Waals surface area contributed by atoms with Crippen LogP contribution >= 0.6 is 0 Å². The van der Waals surface area contributed by atoms with E-state index in [0.717, 1.165) is 6.54 Å². The van der Waals surface area contributed by atoms with Gasteiger partial charge in [-0.2, -0.15) is 0 Å². The smallest absolute Gasteiger partial charge is 0.260 e. The summed E-state index contributed by atoms with van der Waals surface area (Å²) in [5, 5.41) is 2.84. The third-order valence-corrected chi connectivity index (χ3v) is 4.18. The van der Waals surface area contributed by atoms with Crippen molar-refractivity contribution in [1.29, 1.82) is 0 Å². The Labute approximate surface area is 120 Å². The van der Waals surface area contributed by atoms with E-state index in [1.807, 2.05) is 11.9 Å². The molecule has 2 N–H and O–H groups in total. The first-order valence-electron chi connectivity index (χ1n) is 6.31. The van der Waals surface area contributed by atoms with Gasteiger partial charge in [0.05, 0.1) is 12.3 Å². The molecule has 0 saturated carbocycles. The number of ether oxygens (including phenoxy) is 1. The van der Waals surface area contributed by atoms with Crippen molar-refractivity contribution in [3.63, 3.8) is 0 Å². The largest absolute Gasteiger partial charge is 0.386 e. The molecule has 7 nitrogen and oxygen atoms in total. The third kappa shape index (κ3) is 5.04. The van der Waals surface area contributed by atoms with Crippen molar-refractivity contribution in [3.05, 3.63) is 18.3 Å². The van der Waals surface area contributed by atoms with Crippen LogP contribution in [-0.4, -0.2) is 65.7 Å². The van der Waals surface area contributed by atoms with Crippen LogP contribution in [-0.2, 0) is 14.8 Å². The van der Waals surface area contributed by atoms with Crippen molar-refractivity contribution in [2.45, 2.75) is 5.03 Å². The number of aromatic nitrogens is 1. The van der Waals surface area contributed by atoms with Gasteiger partial charge in [-0.05, 0) is 19.2 Å². The molecule has 20 heavy (non-hydrogen) atoms. The summed E-state index contributed by atoms with van der Waals surface area (Å²) in [6.45, 7) is 2.30. The molecular formula is C12H22N4O3S. The van der Waals surface area contributed by atoms with Crippen LogP contribution in [0.25, 0.3) is 0 Å². The molecule has 0 saturated heterocycles. The van der Waals surface area contributed by atoms with Crippen molar-refractivity contribution < 1.29 is 13.2 Å². The SMILES string of the molecule is CNc1cccnc1S(=O)(=O)NCCN(C)CCOC. The molecule has 0 unspecified atom stereocenters. The Hall–Kier alpha value is -1.22. The molecule has 1 aromatic heterocycles. The Morgan fingerprint density at radius 1 is 1.40 bits per heavy atom. The number of rotatable bonds is 9. The van der Waals surface area contributed by atoms with Crippen molar-refractivity contribution in [1.82, 2.24) is 14.6 Å². The van der Waals surface area contributed by atoms with Crippen LogP contribution in [0.1, 0.15) is 0 Å². The third-order valence-electron chi connectivity index (χ3n) is 2.76. The molecule has 0 aliphatic rings. The van der Waals surface area contributed by atoms with Gasteiger partial charge in [0.15, 0.2) is 5.03 Å². The molecule has 0 atom stereocenters. The van der Waals surface area contributed by atoms with Gasteiger partial charge in [0, 0.05) is 40.0 Å². The first kappa shape index (κ1) is 16.8. The molecule has 0 bridgehead atoms. The molecule has 0 aliphatic heterocycles. The molecule has 0 spiro atoms. The molecule has 0 fully saturated rings.